The molecule has 0 bridgehead atoms. The van der Waals surface area contributed by atoms with Gasteiger partial charge in [0.25, 0.3) is 0 Å². The first-order valence-corrected chi connectivity index (χ1v) is 26.4. The Hall–Kier alpha value is -7.75. The Bertz CT molecular complexity index is 2320. The van der Waals surface area contributed by atoms with E-state index in [2.05, 4.69) is 47.9 Å². The van der Waals surface area contributed by atoms with Crippen molar-refractivity contribution in [3.8, 4) is 0 Å². The van der Waals surface area contributed by atoms with Crippen LogP contribution in [-0.4, -0.2) is 159 Å². The van der Waals surface area contributed by atoms with Crippen molar-refractivity contribution in [3.05, 3.63) is 35.9 Å². The first kappa shape index (κ1) is 70.3. The maximum absolute atomic E-state index is 14.1. The molecule has 1 rings (SSSR count). The zero-order valence-corrected chi connectivity index (χ0v) is 46.9. The Morgan fingerprint density at radius 3 is 1.25 bits per heavy atom. The van der Waals surface area contributed by atoms with Gasteiger partial charge >= 0.3 is 11.9 Å². The lowest BCUT2D eigenvalue weighted by molar-refractivity contribution is -0.144. The second kappa shape index (κ2) is 35.0. The number of carboxylic acids is 2. The van der Waals surface area contributed by atoms with E-state index in [0.717, 1.165) is 0 Å². The smallest absolute Gasteiger partial charge is 0.326 e. The number of amides is 11. The normalized spacial score (nSPS) is 15.3. The molecule has 0 aromatic heterocycles. The Labute approximate surface area is 465 Å². The van der Waals surface area contributed by atoms with Crippen molar-refractivity contribution in [3.63, 3.8) is 0 Å². The molecule has 1 aromatic carbocycles. The van der Waals surface area contributed by atoms with Crippen LogP contribution < -0.4 is 65.1 Å². The number of carbonyl (C=O) groups is 13. The number of carboxylic acid groups (broad SMARTS) is 2. The quantitative estimate of drug-likeness (QED) is 0.0312. The second-order valence-electron chi connectivity index (χ2n) is 21.0. The summed E-state index contributed by atoms with van der Waals surface area (Å²) in [6, 6.07) is -6.61. The number of hydrogen-bond acceptors (Lipinski definition) is 15. The minimum Gasteiger partial charge on any atom is -0.481 e. The molecular formula is C52H84N12O16. The molecule has 0 heterocycles. The number of carbonyl (C=O) groups excluding carboxylic acids is 11. The van der Waals surface area contributed by atoms with E-state index in [9.17, 15) is 72.5 Å². The molecule has 0 saturated carbocycles. The summed E-state index contributed by atoms with van der Waals surface area (Å²) in [5, 5.41) is 50.1. The van der Waals surface area contributed by atoms with Gasteiger partial charge in [-0.25, -0.2) is 4.79 Å². The minimum atomic E-state index is -1.76. The average molecular weight is 1130 g/mol. The highest BCUT2D eigenvalue weighted by atomic mass is 16.4. The predicted octanol–water partition coefficient (Wildman–Crippen LogP) is -3.18. The van der Waals surface area contributed by atoms with Gasteiger partial charge < -0.3 is 80.4 Å². The lowest BCUT2D eigenvalue weighted by atomic mass is 9.96. The standard InChI is InChI=1S/C52H84N12O16/c1-10-28(8)42(51(78)57-32(52(79)80)16-17-41(68)69)64-50(77)35(20-27(6)7)61-48(75)37(22-39(54)66)58-43(70)29(9)56-45(72)36(21-30-14-12-11-13-15-30)62-49(76)38(23-40(55)67)63-47(74)34(19-26(4)5)60-46(73)33(18-25(2)3)59-44(71)31(53)24-65/h11-15,25-29,31-38,42,65H,10,16-24,53H2,1-9H3,(H2,54,66)(H2,55,67)(H,56,72)(H,57,78)(H,58,70)(H,59,71)(H,60,73)(H,61,75)(H,62,76)(H,63,74)(H,64,77)(H,68,69)(H,79,80)/t28-,29-,31-,32-,33-,34-,35-,36-,37-,38-,42-/m0/s1. The van der Waals surface area contributed by atoms with E-state index in [1.165, 1.54) is 6.92 Å². The summed E-state index contributed by atoms with van der Waals surface area (Å²) >= 11 is 0. The van der Waals surface area contributed by atoms with Crippen LogP contribution in [0.25, 0.3) is 0 Å². The Balaban J connectivity index is 3.48. The minimum absolute atomic E-state index is 0.00645. The average Bonchev–Trinajstić information content (AvgIpc) is 3.36. The first-order valence-electron chi connectivity index (χ1n) is 26.4. The van der Waals surface area contributed by atoms with Gasteiger partial charge in [0, 0.05) is 12.8 Å². The summed E-state index contributed by atoms with van der Waals surface area (Å²) in [7, 11) is 0. The number of hydrogen-bond donors (Lipinski definition) is 15. The molecule has 11 amide bonds. The van der Waals surface area contributed by atoms with Gasteiger partial charge in [0.15, 0.2) is 0 Å². The molecule has 0 unspecified atom stereocenters. The van der Waals surface area contributed by atoms with E-state index >= 15 is 0 Å². The largest absolute Gasteiger partial charge is 0.481 e. The van der Waals surface area contributed by atoms with Crippen LogP contribution in [0.15, 0.2) is 30.3 Å². The van der Waals surface area contributed by atoms with Crippen molar-refractivity contribution >= 4 is 76.9 Å². The third-order valence-corrected chi connectivity index (χ3v) is 12.4. The Kier molecular flexibility index (Phi) is 30.7. The summed E-state index contributed by atoms with van der Waals surface area (Å²) in [5.41, 5.74) is 17.1. The lowest BCUT2D eigenvalue weighted by Gasteiger charge is -2.29. The van der Waals surface area contributed by atoms with Gasteiger partial charge in [-0.15, -0.1) is 0 Å². The summed E-state index contributed by atoms with van der Waals surface area (Å²) in [5.74, 6) is -14.8. The number of primary amides is 2. The van der Waals surface area contributed by atoms with Gasteiger partial charge in [-0.2, -0.15) is 0 Å². The molecule has 11 atom stereocenters. The van der Waals surface area contributed by atoms with Gasteiger partial charge in [0.2, 0.25) is 65.0 Å². The van der Waals surface area contributed by atoms with Crippen LogP contribution in [0.2, 0.25) is 0 Å². The SMILES string of the molecule is CC[C@H](C)[C@H](NC(=O)[C@H](CC(C)C)NC(=O)[C@H](CC(N)=O)NC(=O)[C@H](C)NC(=O)[C@H](Cc1ccccc1)NC(=O)[C@H](CC(N)=O)NC(=O)[C@H](CC(C)C)NC(=O)[C@H](CC(C)C)NC(=O)[C@@H](N)CO)C(=O)N[C@@H](CCC(=O)O)C(=O)O. The van der Waals surface area contributed by atoms with E-state index in [0.29, 0.717) is 12.0 Å². The van der Waals surface area contributed by atoms with Crippen molar-refractivity contribution < 1.29 is 77.6 Å². The first-order chi connectivity index (χ1) is 37.3. The lowest BCUT2D eigenvalue weighted by Crippen LogP contribution is -2.61. The molecule has 0 fully saturated rings. The zero-order valence-electron chi connectivity index (χ0n) is 46.9. The summed E-state index contributed by atoms with van der Waals surface area (Å²) in [4.78, 5) is 171. The number of nitrogens with two attached hydrogens (primary N) is 3. The second-order valence-corrected chi connectivity index (χ2v) is 21.0. The highest BCUT2D eigenvalue weighted by molar-refractivity contribution is 6.00. The monoisotopic (exact) mass is 1130 g/mol. The van der Waals surface area contributed by atoms with Crippen LogP contribution in [0.5, 0.6) is 0 Å². The third kappa shape index (κ3) is 26.3. The van der Waals surface area contributed by atoms with Crippen molar-refractivity contribution in [2.75, 3.05) is 6.61 Å². The molecule has 1 aromatic rings. The van der Waals surface area contributed by atoms with Crippen LogP contribution >= 0.6 is 0 Å². The van der Waals surface area contributed by atoms with Gasteiger partial charge in [0.05, 0.1) is 19.4 Å². The number of nitrogens with one attached hydrogen (secondary N) is 9. The van der Waals surface area contributed by atoms with Crippen LogP contribution in [0.1, 0.15) is 119 Å². The molecule has 0 aliphatic heterocycles. The van der Waals surface area contributed by atoms with E-state index in [1.807, 2.05) is 0 Å². The number of benzene rings is 1. The van der Waals surface area contributed by atoms with Crippen molar-refractivity contribution in [1.29, 1.82) is 0 Å². The summed E-state index contributed by atoms with van der Waals surface area (Å²) in [6.45, 7) is 14.3. The zero-order chi connectivity index (χ0) is 61.1. The maximum Gasteiger partial charge on any atom is 0.326 e. The van der Waals surface area contributed by atoms with Gasteiger partial charge in [-0.1, -0.05) is 92.1 Å². The molecule has 448 valence electrons. The number of rotatable bonds is 37. The van der Waals surface area contributed by atoms with E-state index in [1.54, 1.807) is 85.7 Å². The van der Waals surface area contributed by atoms with Crippen molar-refractivity contribution in [1.82, 2.24) is 47.9 Å². The molecule has 0 spiro atoms. The van der Waals surface area contributed by atoms with Crippen molar-refractivity contribution in [2.45, 2.75) is 181 Å². The molecule has 0 aliphatic rings. The van der Waals surface area contributed by atoms with E-state index in [-0.39, 0.29) is 43.4 Å². The fourth-order valence-electron chi connectivity index (χ4n) is 7.86. The number of aliphatic hydroxyl groups excluding tert-OH is 1. The molecule has 0 radical (unpaired) electrons. The van der Waals surface area contributed by atoms with E-state index < -0.39 is 176 Å². The molecule has 28 nitrogen and oxygen atoms in total. The van der Waals surface area contributed by atoms with Gasteiger partial charge in [-0.3, -0.25) is 57.5 Å². The third-order valence-electron chi connectivity index (χ3n) is 12.4. The number of aliphatic carboxylic acids is 2. The fraction of sp³-hybridized carbons (Fsp3) is 0.635. The number of aliphatic hydroxyl groups is 1. The van der Waals surface area contributed by atoms with Crippen LogP contribution in [0, 0.1) is 23.7 Å². The van der Waals surface area contributed by atoms with Crippen molar-refractivity contribution in [2.24, 2.45) is 40.9 Å². The highest BCUT2D eigenvalue weighted by Crippen LogP contribution is 2.14. The summed E-state index contributed by atoms with van der Waals surface area (Å²) in [6.07, 6.45) is -2.49. The van der Waals surface area contributed by atoms with Crippen LogP contribution in [-0.2, 0) is 68.7 Å². The summed E-state index contributed by atoms with van der Waals surface area (Å²) < 4.78 is 0. The molecule has 80 heavy (non-hydrogen) atoms. The topological polar surface area (TPSA) is 469 Å². The molecular weight excluding hydrogens is 1050 g/mol. The Morgan fingerprint density at radius 1 is 0.475 bits per heavy atom. The highest BCUT2D eigenvalue weighted by Gasteiger charge is 2.37. The van der Waals surface area contributed by atoms with Crippen LogP contribution in [0.3, 0.4) is 0 Å². The molecule has 0 aliphatic carbocycles. The molecule has 18 N–H and O–H groups in total. The van der Waals surface area contributed by atoms with Gasteiger partial charge in [-0.05, 0) is 61.8 Å². The van der Waals surface area contributed by atoms with Crippen LogP contribution in [0.4, 0.5) is 0 Å². The Morgan fingerprint density at radius 2 is 0.850 bits per heavy atom. The maximum atomic E-state index is 14.1. The molecule has 28 heteroatoms. The van der Waals surface area contributed by atoms with Gasteiger partial charge in [0.1, 0.15) is 60.4 Å². The van der Waals surface area contributed by atoms with E-state index in [4.69, 9.17) is 22.3 Å². The fourth-order valence-corrected chi connectivity index (χ4v) is 7.86. The molecule has 0 saturated heterocycles. The predicted molar refractivity (Wildman–Crippen MR) is 288 cm³/mol.